The Hall–Kier alpha value is -4.38. The molecule has 0 radical (unpaired) electrons. The number of aryl methyl sites for hydroxylation is 2. The van der Waals surface area contributed by atoms with Gasteiger partial charge in [-0.05, 0) is 61.7 Å². The van der Waals surface area contributed by atoms with Crippen molar-refractivity contribution in [2.75, 3.05) is 12.3 Å². The first-order chi connectivity index (χ1) is 15.6. The van der Waals surface area contributed by atoms with E-state index < -0.39 is 0 Å². The number of nitriles is 1. The molecule has 4 rings (SSSR count). The number of hydrogen-bond acceptors (Lipinski definition) is 5. The minimum atomic E-state index is -0.150. The molecule has 0 saturated heterocycles. The predicted octanol–water partition coefficient (Wildman–Crippen LogP) is 3.18. The van der Waals surface area contributed by atoms with Crippen LogP contribution in [0.2, 0.25) is 0 Å². The number of aromatic nitrogens is 4. The molecule has 0 atom stereocenters. The molecule has 0 saturated carbocycles. The van der Waals surface area contributed by atoms with E-state index in [0.29, 0.717) is 42.0 Å². The molecule has 0 aliphatic carbocycles. The quantitative estimate of drug-likeness (QED) is 0.441. The lowest BCUT2D eigenvalue weighted by atomic mass is 10.1. The maximum absolute atomic E-state index is 12.4. The zero-order valence-corrected chi connectivity index (χ0v) is 17.7. The third-order valence-corrected chi connectivity index (χ3v) is 5.09. The van der Waals surface area contributed by atoms with Crippen LogP contribution in [-0.2, 0) is 6.42 Å². The first kappa shape index (κ1) is 20.9. The number of rotatable bonds is 7. The van der Waals surface area contributed by atoms with Gasteiger partial charge in [-0.2, -0.15) is 15.5 Å². The van der Waals surface area contributed by atoms with Crippen LogP contribution in [0, 0.1) is 18.3 Å². The molecule has 160 valence electrons. The number of amides is 1. The fourth-order valence-electron chi connectivity index (χ4n) is 3.42. The molecular weight excluding hydrogens is 402 g/mol. The van der Waals surface area contributed by atoms with Crippen LogP contribution in [0.5, 0.6) is 0 Å². The van der Waals surface area contributed by atoms with E-state index in [2.05, 4.69) is 21.6 Å². The summed E-state index contributed by atoms with van der Waals surface area (Å²) in [5.41, 5.74) is 10.5. The molecule has 0 aliphatic rings. The molecular formula is C24H23N7O. The summed E-state index contributed by atoms with van der Waals surface area (Å²) in [6.07, 6.45) is 4.88. The Balaban J connectivity index is 1.34. The van der Waals surface area contributed by atoms with Crippen LogP contribution in [-0.4, -0.2) is 32.0 Å². The van der Waals surface area contributed by atoms with E-state index in [1.54, 1.807) is 27.7 Å². The van der Waals surface area contributed by atoms with Crippen molar-refractivity contribution in [3.8, 4) is 17.4 Å². The van der Waals surface area contributed by atoms with Gasteiger partial charge >= 0.3 is 0 Å². The van der Waals surface area contributed by atoms with Crippen molar-refractivity contribution in [2.24, 2.45) is 0 Å². The summed E-state index contributed by atoms with van der Waals surface area (Å²) in [6.45, 7) is 2.44. The number of benzene rings is 2. The third kappa shape index (κ3) is 4.37. The van der Waals surface area contributed by atoms with Gasteiger partial charge in [-0.15, -0.1) is 0 Å². The van der Waals surface area contributed by atoms with Crippen LogP contribution in [0.25, 0.3) is 11.4 Å². The standard InChI is InChI=1S/C24H23N7O/c1-17-15-28-30(16-17)19-11-9-18(10-12-19)24(32)27-13-5-8-22-21(14-25)23(26)31(29-22)20-6-3-2-4-7-20/h2-4,6-7,9-12,15-16H,5,8,13,26H2,1H3,(H,27,32). The highest BCUT2D eigenvalue weighted by Gasteiger charge is 2.16. The van der Waals surface area contributed by atoms with Gasteiger partial charge in [0.1, 0.15) is 17.5 Å². The minimum Gasteiger partial charge on any atom is -0.382 e. The Morgan fingerprint density at radius 3 is 2.53 bits per heavy atom. The summed E-state index contributed by atoms with van der Waals surface area (Å²) in [4.78, 5) is 12.4. The minimum absolute atomic E-state index is 0.150. The Kier molecular flexibility index (Phi) is 5.99. The SMILES string of the molecule is Cc1cnn(-c2ccc(C(=O)NCCCc3nn(-c4ccccc4)c(N)c3C#N)cc2)c1. The second-order valence-corrected chi connectivity index (χ2v) is 7.43. The molecule has 0 unspecified atom stereocenters. The number of hydrogen-bond donors (Lipinski definition) is 2. The first-order valence-electron chi connectivity index (χ1n) is 10.3. The maximum Gasteiger partial charge on any atom is 0.251 e. The molecule has 0 bridgehead atoms. The highest BCUT2D eigenvalue weighted by molar-refractivity contribution is 5.94. The maximum atomic E-state index is 12.4. The summed E-state index contributed by atoms with van der Waals surface area (Å²) in [5.74, 6) is 0.174. The highest BCUT2D eigenvalue weighted by atomic mass is 16.1. The van der Waals surface area contributed by atoms with Gasteiger partial charge in [-0.25, -0.2) is 9.36 Å². The number of nitrogens with two attached hydrogens (primary N) is 1. The van der Waals surface area contributed by atoms with E-state index >= 15 is 0 Å². The molecule has 0 fully saturated rings. The van der Waals surface area contributed by atoms with E-state index in [9.17, 15) is 10.1 Å². The van der Waals surface area contributed by atoms with Crippen molar-refractivity contribution in [1.29, 1.82) is 5.26 Å². The van der Waals surface area contributed by atoms with E-state index in [4.69, 9.17) is 5.73 Å². The summed E-state index contributed by atoms with van der Waals surface area (Å²) in [6, 6.07) is 18.9. The lowest BCUT2D eigenvalue weighted by Gasteiger charge is -2.06. The average Bonchev–Trinajstić information content (AvgIpc) is 3.40. The summed E-state index contributed by atoms with van der Waals surface area (Å²) < 4.78 is 3.35. The Morgan fingerprint density at radius 2 is 1.88 bits per heavy atom. The number of para-hydroxylation sites is 1. The van der Waals surface area contributed by atoms with Crippen molar-refractivity contribution in [2.45, 2.75) is 19.8 Å². The summed E-state index contributed by atoms with van der Waals surface area (Å²) in [7, 11) is 0. The van der Waals surface area contributed by atoms with Gasteiger partial charge in [0.15, 0.2) is 0 Å². The number of nitrogens with one attached hydrogen (secondary N) is 1. The molecule has 2 aromatic heterocycles. The molecule has 3 N–H and O–H groups in total. The molecule has 0 aliphatic heterocycles. The van der Waals surface area contributed by atoms with Gasteiger partial charge in [-0.1, -0.05) is 18.2 Å². The molecule has 1 amide bonds. The van der Waals surface area contributed by atoms with Gasteiger partial charge in [-0.3, -0.25) is 4.79 Å². The van der Waals surface area contributed by atoms with Gasteiger partial charge in [0, 0.05) is 18.3 Å². The number of nitrogens with zero attached hydrogens (tertiary/aromatic N) is 5. The predicted molar refractivity (Wildman–Crippen MR) is 122 cm³/mol. The second kappa shape index (κ2) is 9.18. The van der Waals surface area contributed by atoms with Crippen molar-refractivity contribution in [1.82, 2.24) is 24.9 Å². The lowest BCUT2D eigenvalue weighted by Crippen LogP contribution is -2.24. The van der Waals surface area contributed by atoms with Gasteiger partial charge < -0.3 is 11.1 Å². The van der Waals surface area contributed by atoms with Crippen molar-refractivity contribution >= 4 is 11.7 Å². The van der Waals surface area contributed by atoms with Crippen LogP contribution in [0.4, 0.5) is 5.82 Å². The Morgan fingerprint density at radius 1 is 1.12 bits per heavy atom. The fraction of sp³-hybridized carbons (Fsp3) is 0.167. The number of carbonyl (C=O) groups excluding carboxylic acids is 1. The molecule has 32 heavy (non-hydrogen) atoms. The van der Waals surface area contributed by atoms with E-state index in [1.807, 2.05) is 55.6 Å². The van der Waals surface area contributed by atoms with Crippen molar-refractivity contribution < 1.29 is 4.79 Å². The highest BCUT2D eigenvalue weighted by Crippen LogP contribution is 2.21. The van der Waals surface area contributed by atoms with Crippen LogP contribution >= 0.6 is 0 Å². The van der Waals surface area contributed by atoms with Gasteiger partial charge in [0.2, 0.25) is 0 Å². The van der Waals surface area contributed by atoms with Crippen LogP contribution in [0.15, 0.2) is 67.0 Å². The smallest absolute Gasteiger partial charge is 0.251 e. The number of nitrogen functional groups attached to an aromatic ring is 1. The van der Waals surface area contributed by atoms with Gasteiger partial charge in [0.05, 0.1) is 23.3 Å². The van der Waals surface area contributed by atoms with Crippen LogP contribution in [0.3, 0.4) is 0 Å². The largest absolute Gasteiger partial charge is 0.382 e. The van der Waals surface area contributed by atoms with E-state index in [1.165, 1.54) is 0 Å². The van der Waals surface area contributed by atoms with Crippen LogP contribution in [0.1, 0.15) is 33.6 Å². The van der Waals surface area contributed by atoms with E-state index in [-0.39, 0.29) is 5.91 Å². The Labute approximate surface area is 185 Å². The summed E-state index contributed by atoms with van der Waals surface area (Å²) in [5, 5.41) is 21.2. The summed E-state index contributed by atoms with van der Waals surface area (Å²) >= 11 is 0. The molecule has 8 nitrogen and oxygen atoms in total. The second-order valence-electron chi connectivity index (χ2n) is 7.43. The zero-order chi connectivity index (χ0) is 22.5. The topological polar surface area (TPSA) is 115 Å². The first-order valence-corrected chi connectivity index (χ1v) is 10.3. The Bertz CT molecular complexity index is 1260. The molecule has 0 spiro atoms. The van der Waals surface area contributed by atoms with Crippen molar-refractivity contribution in [3.05, 3.63) is 89.4 Å². The van der Waals surface area contributed by atoms with E-state index in [0.717, 1.165) is 16.9 Å². The normalized spacial score (nSPS) is 10.6. The zero-order valence-electron chi connectivity index (χ0n) is 17.7. The van der Waals surface area contributed by atoms with Gasteiger partial charge in [0.25, 0.3) is 5.91 Å². The number of anilines is 1. The third-order valence-electron chi connectivity index (χ3n) is 5.09. The van der Waals surface area contributed by atoms with Crippen LogP contribution < -0.4 is 11.1 Å². The molecule has 2 heterocycles. The number of carbonyl (C=O) groups is 1. The lowest BCUT2D eigenvalue weighted by molar-refractivity contribution is 0.0953. The average molecular weight is 425 g/mol. The monoisotopic (exact) mass is 425 g/mol. The molecule has 2 aromatic carbocycles. The fourth-order valence-corrected chi connectivity index (χ4v) is 3.42. The molecule has 8 heteroatoms. The van der Waals surface area contributed by atoms with Crippen molar-refractivity contribution in [3.63, 3.8) is 0 Å². The molecule has 4 aromatic rings.